The molecule has 0 aliphatic rings. The third-order valence-electron chi connectivity index (χ3n) is 3.09. The lowest BCUT2D eigenvalue weighted by Gasteiger charge is -2.11. The second-order valence-electron chi connectivity index (χ2n) is 4.95. The third kappa shape index (κ3) is 2.25. The van der Waals surface area contributed by atoms with Crippen LogP contribution in [0.25, 0.3) is 11.1 Å². The maximum Gasteiger partial charge on any atom is 0.417 e. The summed E-state index contributed by atoms with van der Waals surface area (Å²) in [6, 6.07) is 9.58. The number of oxazole rings is 1. The quantitative estimate of drug-likeness (QED) is 0.624. The molecule has 4 N–H and O–H groups in total. The number of nitrogens with two attached hydrogens (primary N) is 1. The summed E-state index contributed by atoms with van der Waals surface area (Å²) in [5.41, 5.74) is 11.6. The van der Waals surface area contributed by atoms with Gasteiger partial charge in [0, 0.05) is 11.8 Å². The van der Waals surface area contributed by atoms with Crippen molar-refractivity contribution in [3.8, 4) is 0 Å². The van der Waals surface area contributed by atoms with Gasteiger partial charge < -0.3 is 15.5 Å². The smallest absolute Gasteiger partial charge is 0.408 e. The zero-order chi connectivity index (χ0) is 14.3. The van der Waals surface area contributed by atoms with Crippen LogP contribution in [0.1, 0.15) is 11.1 Å². The van der Waals surface area contributed by atoms with Gasteiger partial charge in [0.25, 0.3) is 0 Å². The lowest BCUT2D eigenvalue weighted by atomic mass is 10.1. The number of hydrogen-bond donors (Lipinski definition) is 3. The Labute approximate surface area is 115 Å². The maximum absolute atomic E-state index is 11.2. The van der Waals surface area contributed by atoms with E-state index in [0.29, 0.717) is 16.8 Å². The van der Waals surface area contributed by atoms with Crippen molar-refractivity contribution in [1.82, 2.24) is 4.98 Å². The standard InChI is InChI=1S/C15H15N3O2/c1-8-3-9(2)5-10(4-8)17-12-7-13-14(6-11(12)16)20-15(19)18-13/h3-7,17H,16H2,1-2H3,(H,18,19). The van der Waals surface area contributed by atoms with Crippen LogP contribution in [0.4, 0.5) is 17.1 Å². The van der Waals surface area contributed by atoms with Crippen LogP contribution >= 0.6 is 0 Å². The summed E-state index contributed by atoms with van der Waals surface area (Å²) < 4.78 is 4.97. The molecule has 0 fully saturated rings. The van der Waals surface area contributed by atoms with Gasteiger partial charge >= 0.3 is 5.76 Å². The van der Waals surface area contributed by atoms with Crippen LogP contribution in [0.15, 0.2) is 39.5 Å². The van der Waals surface area contributed by atoms with Crippen molar-refractivity contribution in [3.63, 3.8) is 0 Å². The number of aromatic amines is 1. The van der Waals surface area contributed by atoms with Gasteiger partial charge in [-0.3, -0.25) is 4.98 Å². The Kier molecular flexibility index (Phi) is 2.75. The van der Waals surface area contributed by atoms with Crippen LogP contribution in [-0.2, 0) is 0 Å². The highest BCUT2D eigenvalue weighted by molar-refractivity contribution is 5.87. The molecule has 5 heteroatoms. The Morgan fingerprint density at radius 3 is 2.50 bits per heavy atom. The van der Waals surface area contributed by atoms with Crippen molar-refractivity contribution in [2.45, 2.75) is 13.8 Å². The van der Waals surface area contributed by atoms with E-state index >= 15 is 0 Å². The largest absolute Gasteiger partial charge is 0.417 e. The summed E-state index contributed by atoms with van der Waals surface area (Å²) in [5, 5.41) is 3.27. The summed E-state index contributed by atoms with van der Waals surface area (Å²) in [7, 11) is 0. The number of nitrogens with one attached hydrogen (secondary N) is 2. The lowest BCUT2D eigenvalue weighted by Crippen LogP contribution is -1.97. The Balaban J connectivity index is 2.05. The van der Waals surface area contributed by atoms with Crippen LogP contribution < -0.4 is 16.8 Å². The summed E-state index contributed by atoms with van der Waals surface area (Å²) >= 11 is 0. The first-order valence-corrected chi connectivity index (χ1v) is 6.29. The van der Waals surface area contributed by atoms with Crippen molar-refractivity contribution in [2.75, 3.05) is 11.1 Å². The van der Waals surface area contributed by atoms with Gasteiger partial charge in [0.05, 0.1) is 16.9 Å². The normalized spacial score (nSPS) is 10.9. The fourth-order valence-corrected chi connectivity index (χ4v) is 2.32. The molecule has 0 aliphatic carbocycles. The van der Waals surface area contributed by atoms with Gasteiger partial charge in [0.15, 0.2) is 5.58 Å². The van der Waals surface area contributed by atoms with Crippen LogP contribution in [0.3, 0.4) is 0 Å². The van der Waals surface area contributed by atoms with E-state index in [9.17, 15) is 4.79 Å². The molecule has 0 saturated heterocycles. The third-order valence-corrected chi connectivity index (χ3v) is 3.09. The number of benzene rings is 2. The average molecular weight is 269 g/mol. The second-order valence-corrected chi connectivity index (χ2v) is 4.95. The van der Waals surface area contributed by atoms with E-state index in [2.05, 4.69) is 16.4 Å². The van der Waals surface area contributed by atoms with Gasteiger partial charge in [-0.1, -0.05) is 6.07 Å². The molecule has 3 rings (SSSR count). The van der Waals surface area contributed by atoms with E-state index < -0.39 is 5.76 Å². The molecule has 0 amide bonds. The Bertz CT molecular complexity index is 826. The van der Waals surface area contributed by atoms with Crippen molar-refractivity contribution >= 4 is 28.2 Å². The number of nitrogen functional groups attached to an aromatic ring is 1. The van der Waals surface area contributed by atoms with Crippen molar-refractivity contribution in [2.24, 2.45) is 0 Å². The monoisotopic (exact) mass is 269 g/mol. The molecular weight excluding hydrogens is 254 g/mol. The Morgan fingerprint density at radius 2 is 1.80 bits per heavy atom. The fourth-order valence-electron chi connectivity index (χ4n) is 2.32. The topological polar surface area (TPSA) is 84.0 Å². The molecule has 3 aromatic rings. The molecule has 0 radical (unpaired) electrons. The summed E-state index contributed by atoms with van der Waals surface area (Å²) in [4.78, 5) is 13.8. The van der Waals surface area contributed by atoms with Crippen LogP contribution in [0.2, 0.25) is 0 Å². The molecule has 0 saturated carbocycles. The minimum absolute atomic E-state index is 0.457. The molecule has 1 aromatic heterocycles. The minimum atomic E-state index is -0.483. The van der Waals surface area contributed by atoms with E-state index in [0.717, 1.165) is 11.4 Å². The molecule has 0 bridgehead atoms. The summed E-state index contributed by atoms with van der Waals surface area (Å²) in [5.74, 6) is -0.483. The number of aromatic nitrogens is 1. The second kappa shape index (κ2) is 4.45. The van der Waals surface area contributed by atoms with E-state index in [-0.39, 0.29) is 0 Å². The first-order chi connectivity index (χ1) is 9.51. The van der Waals surface area contributed by atoms with Crippen LogP contribution in [0, 0.1) is 13.8 Å². The number of fused-ring (bicyclic) bond motifs is 1. The van der Waals surface area contributed by atoms with E-state index in [1.807, 2.05) is 26.0 Å². The molecule has 0 atom stereocenters. The summed E-state index contributed by atoms with van der Waals surface area (Å²) in [6.45, 7) is 4.08. The van der Waals surface area contributed by atoms with Crippen LogP contribution in [0.5, 0.6) is 0 Å². The van der Waals surface area contributed by atoms with Gasteiger partial charge in [-0.2, -0.15) is 0 Å². The van der Waals surface area contributed by atoms with Crippen LogP contribution in [-0.4, -0.2) is 4.98 Å². The van der Waals surface area contributed by atoms with Crippen molar-refractivity contribution in [1.29, 1.82) is 0 Å². The fraction of sp³-hybridized carbons (Fsp3) is 0.133. The molecular formula is C15H15N3O2. The number of aryl methyl sites for hydroxylation is 2. The number of anilines is 3. The molecule has 1 heterocycles. The Hall–Kier alpha value is -2.69. The zero-order valence-electron chi connectivity index (χ0n) is 11.3. The average Bonchev–Trinajstić information content (AvgIpc) is 2.67. The number of H-pyrrole nitrogens is 1. The van der Waals surface area contributed by atoms with Crippen molar-refractivity contribution < 1.29 is 4.42 Å². The van der Waals surface area contributed by atoms with Crippen molar-refractivity contribution in [3.05, 3.63) is 52.0 Å². The zero-order valence-corrected chi connectivity index (χ0v) is 11.3. The molecule has 20 heavy (non-hydrogen) atoms. The van der Waals surface area contributed by atoms with Gasteiger partial charge in [-0.05, 0) is 43.2 Å². The van der Waals surface area contributed by atoms with Gasteiger partial charge in [-0.25, -0.2) is 4.79 Å². The maximum atomic E-state index is 11.2. The highest BCUT2D eigenvalue weighted by atomic mass is 16.4. The van der Waals surface area contributed by atoms with Gasteiger partial charge in [0.1, 0.15) is 0 Å². The van der Waals surface area contributed by atoms with Gasteiger partial charge in [0.2, 0.25) is 0 Å². The predicted octanol–water partition coefficient (Wildman–Crippen LogP) is 3.06. The highest BCUT2D eigenvalue weighted by Crippen LogP contribution is 2.28. The van der Waals surface area contributed by atoms with E-state index in [1.165, 1.54) is 11.1 Å². The van der Waals surface area contributed by atoms with Gasteiger partial charge in [-0.15, -0.1) is 0 Å². The SMILES string of the molecule is Cc1cc(C)cc(Nc2cc3[nH]c(=O)oc3cc2N)c1. The number of rotatable bonds is 2. The van der Waals surface area contributed by atoms with E-state index in [4.69, 9.17) is 10.2 Å². The van der Waals surface area contributed by atoms with E-state index in [1.54, 1.807) is 12.1 Å². The molecule has 0 spiro atoms. The molecule has 102 valence electrons. The number of hydrogen-bond acceptors (Lipinski definition) is 4. The molecule has 5 nitrogen and oxygen atoms in total. The predicted molar refractivity (Wildman–Crippen MR) is 80.4 cm³/mol. The first-order valence-electron chi connectivity index (χ1n) is 6.29. The minimum Gasteiger partial charge on any atom is -0.408 e. The molecule has 0 aliphatic heterocycles. The lowest BCUT2D eigenvalue weighted by molar-refractivity contribution is 0.555. The molecule has 0 unspecified atom stereocenters. The Morgan fingerprint density at radius 1 is 1.10 bits per heavy atom. The highest BCUT2D eigenvalue weighted by Gasteiger charge is 2.07. The summed E-state index contributed by atoms with van der Waals surface area (Å²) in [6.07, 6.45) is 0. The molecule has 2 aromatic carbocycles. The first kappa shape index (κ1) is 12.3.